The summed E-state index contributed by atoms with van der Waals surface area (Å²) >= 11 is 1.74. The molecule has 2 aromatic rings. The van der Waals surface area contributed by atoms with Gasteiger partial charge in [-0.25, -0.2) is 9.99 Å². The summed E-state index contributed by atoms with van der Waals surface area (Å²) in [6.07, 6.45) is 6.04. The third-order valence-corrected chi connectivity index (χ3v) is 5.50. The molecular weight excluding hydrogens is 308 g/mol. The Morgan fingerprint density at radius 3 is 2.83 bits per heavy atom. The number of nitrogens with zero attached hydrogens (tertiary/aromatic N) is 3. The van der Waals surface area contributed by atoms with Crippen molar-refractivity contribution in [3.63, 3.8) is 0 Å². The number of carbonyl (C=O) groups is 1. The summed E-state index contributed by atoms with van der Waals surface area (Å²) in [5, 5.41) is 10.2. The van der Waals surface area contributed by atoms with Crippen LogP contribution < -0.4 is 10.3 Å². The van der Waals surface area contributed by atoms with Crippen LogP contribution in [0.5, 0.6) is 0 Å². The van der Waals surface area contributed by atoms with Gasteiger partial charge in [0.2, 0.25) is 11.5 Å². The van der Waals surface area contributed by atoms with Gasteiger partial charge in [0.15, 0.2) is 0 Å². The highest BCUT2D eigenvalue weighted by Crippen LogP contribution is 2.39. The first-order valence-electron chi connectivity index (χ1n) is 7.95. The topological polar surface area (TPSA) is 57.6 Å². The van der Waals surface area contributed by atoms with Gasteiger partial charge in [-0.1, -0.05) is 41.7 Å². The maximum Gasteiger partial charge on any atom is 0.212 e. The van der Waals surface area contributed by atoms with Gasteiger partial charge in [-0.2, -0.15) is 5.10 Å². The van der Waals surface area contributed by atoms with Gasteiger partial charge in [-0.3, -0.25) is 4.79 Å². The van der Waals surface area contributed by atoms with Crippen LogP contribution in [0.1, 0.15) is 41.4 Å². The highest BCUT2D eigenvalue weighted by atomic mass is 32.1. The van der Waals surface area contributed by atoms with Crippen molar-refractivity contribution in [1.82, 2.24) is 10.3 Å². The van der Waals surface area contributed by atoms with Gasteiger partial charge < -0.3 is 5.32 Å². The minimum Gasteiger partial charge on any atom is -0.315 e. The number of anilines is 1. The van der Waals surface area contributed by atoms with E-state index in [-0.39, 0.29) is 6.04 Å². The second-order valence-electron chi connectivity index (χ2n) is 5.86. The Morgan fingerprint density at radius 2 is 2.04 bits per heavy atom. The number of hydrogen-bond acceptors (Lipinski definition) is 5. The van der Waals surface area contributed by atoms with Crippen LogP contribution in [-0.2, 0) is 17.6 Å². The van der Waals surface area contributed by atoms with Crippen LogP contribution >= 0.6 is 11.3 Å². The minimum absolute atomic E-state index is 0.0891. The van der Waals surface area contributed by atoms with Crippen LogP contribution in [0.15, 0.2) is 35.4 Å². The predicted molar refractivity (Wildman–Crippen MR) is 91.7 cm³/mol. The maximum atomic E-state index is 10.8. The number of amidine groups is 1. The first kappa shape index (κ1) is 14.4. The summed E-state index contributed by atoms with van der Waals surface area (Å²) in [6, 6.07) is 10.4. The molecule has 0 saturated carbocycles. The number of nitrogens with one attached hydrogen (secondary N) is 1. The van der Waals surface area contributed by atoms with E-state index in [9.17, 15) is 4.79 Å². The molecule has 1 aromatic heterocycles. The molecule has 0 bridgehead atoms. The Hall–Kier alpha value is -2.21. The number of hydrogen-bond donors (Lipinski definition) is 1. The molecule has 1 aromatic carbocycles. The molecule has 1 aliphatic carbocycles. The van der Waals surface area contributed by atoms with Gasteiger partial charge in [0.1, 0.15) is 5.84 Å². The number of amides is 1. The van der Waals surface area contributed by atoms with Crippen LogP contribution in [0.3, 0.4) is 0 Å². The summed E-state index contributed by atoms with van der Waals surface area (Å²) < 4.78 is 0. The average molecular weight is 326 g/mol. The van der Waals surface area contributed by atoms with E-state index in [2.05, 4.69) is 22.6 Å². The number of aromatic nitrogens is 1. The third-order valence-electron chi connectivity index (χ3n) is 4.35. The van der Waals surface area contributed by atoms with Crippen LogP contribution in [0.4, 0.5) is 5.13 Å². The van der Waals surface area contributed by atoms with Gasteiger partial charge in [-0.15, -0.1) is 0 Å². The average Bonchev–Trinajstić information content (AvgIpc) is 3.19. The maximum absolute atomic E-state index is 10.8. The minimum atomic E-state index is 0.0891. The first-order chi connectivity index (χ1) is 11.3. The summed E-state index contributed by atoms with van der Waals surface area (Å²) in [7, 11) is 0. The quantitative estimate of drug-likeness (QED) is 0.882. The van der Waals surface area contributed by atoms with Crippen LogP contribution in [0.25, 0.3) is 0 Å². The van der Waals surface area contributed by atoms with Crippen molar-refractivity contribution in [3.8, 4) is 0 Å². The van der Waals surface area contributed by atoms with Gasteiger partial charge in [-0.05, 0) is 31.2 Å². The fourth-order valence-corrected chi connectivity index (χ4v) is 4.36. The zero-order valence-electron chi connectivity index (χ0n) is 12.7. The lowest BCUT2D eigenvalue weighted by Crippen LogP contribution is -2.20. The zero-order chi connectivity index (χ0) is 15.6. The summed E-state index contributed by atoms with van der Waals surface area (Å²) in [5.41, 5.74) is 2.42. The fourth-order valence-electron chi connectivity index (χ4n) is 3.21. The number of aryl methyl sites for hydroxylation is 2. The molecule has 2 heterocycles. The van der Waals surface area contributed by atoms with E-state index in [0.29, 0.717) is 18.7 Å². The van der Waals surface area contributed by atoms with Crippen molar-refractivity contribution < 1.29 is 4.79 Å². The lowest BCUT2D eigenvalue weighted by Gasteiger charge is -2.20. The van der Waals surface area contributed by atoms with E-state index in [0.717, 1.165) is 18.0 Å². The fraction of sp³-hybridized carbons (Fsp3) is 0.353. The second kappa shape index (κ2) is 6.12. The van der Waals surface area contributed by atoms with Crippen LogP contribution in [-0.4, -0.2) is 17.2 Å². The molecule has 0 spiro atoms. The van der Waals surface area contributed by atoms with E-state index in [1.54, 1.807) is 11.3 Å². The molecule has 1 unspecified atom stereocenters. The largest absolute Gasteiger partial charge is 0.315 e. The molecule has 6 heteroatoms. The van der Waals surface area contributed by atoms with Crippen molar-refractivity contribution in [1.29, 1.82) is 0 Å². The standard InChI is InChI=1S/C17H18N4OS/c22-11-18-16-10-14(12-6-2-1-3-7-12)21(20-16)17-19-13-8-4-5-9-15(13)23-17/h1-3,6-7,11,14H,4-5,8-10H2,(H,18,20,22). The van der Waals surface area contributed by atoms with Crippen molar-refractivity contribution in [2.24, 2.45) is 5.10 Å². The predicted octanol–water partition coefficient (Wildman–Crippen LogP) is 3.03. The molecule has 118 valence electrons. The number of carbonyl (C=O) groups excluding carboxylic acids is 1. The number of benzene rings is 1. The zero-order valence-corrected chi connectivity index (χ0v) is 13.6. The van der Waals surface area contributed by atoms with E-state index >= 15 is 0 Å². The molecule has 0 radical (unpaired) electrons. The SMILES string of the molecule is O=CNC1=NN(c2nc3c(s2)CCCC3)C(c2ccccc2)C1. The molecule has 1 N–H and O–H groups in total. The van der Waals surface area contributed by atoms with Crippen LogP contribution in [0.2, 0.25) is 0 Å². The molecule has 4 rings (SSSR count). The number of hydrazone groups is 1. The first-order valence-corrected chi connectivity index (χ1v) is 8.77. The number of fused-ring (bicyclic) bond motifs is 1. The third kappa shape index (κ3) is 2.74. The van der Waals surface area contributed by atoms with E-state index in [4.69, 9.17) is 4.98 Å². The van der Waals surface area contributed by atoms with Crippen molar-refractivity contribution in [2.75, 3.05) is 5.01 Å². The van der Waals surface area contributed by atoms with E-state index in [1.807, 2.05) is 23.2 Å². The summed E-state index contributed by atoms with van der Waals surface area (Å²) in [4.78, 5) is 17.0. The van der Waals surface area contributed by atoms with Crippen molar-refractivity contribution in [2.45, 2.75) is 38.1 Å². The van der Waals surface area contributed by atoms with Crippen LogP contribution in [0, 0.1) is 0 Å². The van der Waals surface area contributed by atoms with Gasteiger partial charge in [0.05, 0.1) is 11.7 Å². The summed E-state index contributed by atoms with van der Waals surface area (Å²) in [6.45, 7) is 0. The Morgan fingerprint density at radius 1 is 1.22 bits per heavy atom. The molecule has 0 saturated heterocycles. The lowest BCUT2D eigenvalue weighted by atomic mass is 10.0. The Bertz CT molecular complexity index is 717. The highest BCUT2D eigenvalue weighted by molar-refractivity contribution is 7.15. The molecule has 0 fully saturated rings. The molecule has 1 aliphatic heterocycles. The molecule has 1 atom stereocenters. The van der Waals surface area contributed by atoms with Gasteiger partial charge >= 0.3 is 0 Å². The second-order valence-corrected chi connectivity index (χ2v) is 6.92. The summed E-state index contributed by atoms with van der Waals surface area (Å²) in [5.74, 6) is 0.696. The molecule has 23 heavy (non-hydrogen) atoms. The monoisotopic (exact) mass is 326 g/mol. The number of rotatable bonds is 3. The van der Waals surface area contributed by atoms with Gasteiger partial charge in [0.25, 0.3) is 0 Å². The molecular formula is C17H18N4OS. The van der Waals surface area contributed by atoms with E-state index in [1.165, 1.54) is 29.0 Å². The normalized spacial score (nSPS) is 20.1. The lowest BCUT2D eigenvalue weighted by molar-refractivity contribution is -0.108. The smallest absolute Gasteiger partial charge is 0.212 e. The van der Waals surface area contributed by atoms with Gasteiger partial charge in [0, 0.05) is 11.3 Å². The molecule has 2 aliphatic rings. The highest BCUT2D eigenvalue weighted by Gasteiger charge is 2.32. The van der Waals surface area contributed by atoms with E-state index < -0.39 is 0 Å². The Labute approximate surface area is 139 Å². The Kier molecular flexibility index (Phi) is 3.83. The molecule has 5 nitrogen and oxygen atoms in total. The molecule has 1 amide bonds. The van der Waals surface area contributed by atoms with Crippen molar-refractivity contribution >= 4 is 28.7 Å². The van der Waals surface area contributed by atoms with Crippen molar-refractivity contribution in [3.05, 3.63) is 46.5 Å². The number of thiazole rings is 1. The Balaban J connectivity index is 1.69.